The highest BCUT2D eigenvalue weighted by atomic mass is 16.4. The average molecular weight is 275 g/mol. The van der Waals surface area contributed by atoms with Gasteiger partial charge >= 0.3 is 5.97 Å². The van der Waals surface area contributed by atoms with Crippen molar-refractivity contribution in [3.63, 3.8) is 0 Å². The lowest BCUT2D eigenvalue weighted by atomic mass is 10.1. The Labute approximate surface area is 119 Å². The number of aliphatic carboxylic acids is 1. The molecule has 0 bridgehead atoms. The third-order valence-electron chi connectivity index (χ3n) is 3.53. The number of carbonyl (C=O) groups excluding carboxylic acids is 1. The molecule has 0 radical (unpaired) electrons. The number of hydrogen-bond donors (Lipinski definition) is 1. The zero-order valence-electron chi connectivity index (χ0n) is 12.1. The van der Waals surface area contributed by atoms with E-state index in [1.807, 2.05) is 32.0 Å². The Hall–Kier alpha value is -1.84. The number of rotatable bonds is 6. The van der Waals surface area contributed by atoms with Gasteiger partial charge < -0.3 is 10.0 Å². The number of nitrogens with zero attached hydrogens (tertiary/aromatic N) is 1. The van der Waals surface area contributed by atoms with E-state index in [0.29, 0.717) is 18.0 Å². The summed E-state index contributed by atoms with van der Waals surface area (Å²) >= 11 is 0. The van der Waals surface area contributed by atoms with Gasteiger partial charge in [-0.15, -0.1) is 0 Å². The lowest BCUT2D eigenvalue weighted by Gasteiger charge is -2.22. The Bertz CT molecular complexity index is 500. The van der Waals surface area contributed by atoms with Crippen LogP contribution in [0.4, 0.5) is 0 Å². The van der Waals surface area contributed by atoms with Gasteiger partial charge in [0.2, 0.25) is 0 Å². The van der Waals surface area contributed by atoms with Crippen LogP contribution in [0.25, 0.3) is 0 Å². The van der Waals surface area contributed by atoms with E-state index < -0.39 is 5.97 Å². The molecule has 0 saturated heterocycles. The molecule has 20 heavy (non-hydrogen) atoms. The van der Waals surface area contributed by atoms with Gasteiger partial charge in [0, 0.05) is 18.7 Å². The Kier molecular flexibility index (Phi) is 4.42. The molecular weight excluding hydrogens is 254 g/mol. The molecule has 1 N–H and O–H groups in total. The average Bonchev–Trinajstić information content (AvgIpc) is 3.16. The van der Waals surface area contributed by atoms with Crippen LogP contribution in [0.1, 0.15) is 40.7 Å². The molecule has 0 heterocycles. The zero-order chi connectivity index (χ0) is 14.7. The first-order chi connectivity index (χ1) is 9.45. The number of hydrogen-bond acceptors (Lipinski definition) is 2. The van der Waals surface area contributed by atoms with Gasteiger partial charge in [-0.2, -0.15) is 0 Å². The van der Waals surface area contributed by atoms with Gasteiger partial charge in [-0.05, 0) is 44.7 Å². The third-order valence-corrected chi connectivity index (χ3v) is 3.53. The Balaban J connectivity index is 2.12. The molecule has 1 saturated carbocycles. The molecule has 2 rings (SSSR count). The minimum atomic E-state index is -0.862. The summed E-state index contributed by atoms with van der Waals surface area (Å²) in [5.41, 5.74) is 2.77. The number of carboxylic acids is 1. The summed E-state index contributed by atoms with van der Waals surface area (Å²) in [6.07, 6.45) is 2.29. The number of carbonyl (C=O) groups is 2. The maximum absolute atomic E-state index is 12.6. The van der Waals surface area contributed by atoms with E-state index in [2.05, 4.69) is 0 Å². The van der Waals surface area contributed by atoms with Crippen molar-refractivity contribution in [1.29, 1.82) is 0 Å². The second-order valence-corrected chi connectivity index (χ2v) is 5.71. The Morgan fingerprint density at radius 1 is 1.20 bits per heavy atom. The normalized spacial score (nSPS) is 14.1. The number of benzene rings is 1. The van der Waals surface area contributed by atoms with Crippen LogP contribution in [0.5, 0.6) is 0 Å². The summed E-state index contributed by atoms with van der Waals surface area (Å²) in [4.78, 5) is 25.0. The summed E-state index contributed by atoms with van der Waals surface area (Å²) in [7, 11) is 0. The molecule has 108 valence electrons. The fourth-order valence-electron chi connectivity index (χ4n) is 2.40. The quantitative estimate of drug-likeness (QED) is 0.868. The first-order valence-electron chi connectivity index (χ1n) is 7.05. The molecule has 1 aliphatic rings. The smallest absolute Gasteiger partial charge is 0.305 e. The maximum Gasteiger partial charge on any atom is 0.305 e. The highest BCUT2D eigenvalue weighted by Crippen LogP contribution is 2.30. The fraction of sp³-hybridized carbons (Fsp3) is 0.500. The van der Waals surface area contributed by atoms with E-state index in [1.54, 1.807) is 4.90 Å². The number of carboxylic acid groups (broad SMARTS) is 1. The van der Waals surface area contributed by atoms with Crippen molar-refractivity contribution in [2.75, 3.05) is 13.1 Å². The summed E-state index contributed by atoms with van der Waals surface area (Å²) < 4.78 is 0. The van der Waals surface area contributed by atoms with Gasteiger partial charge in [-0.25, -0.2) is 0 Å². The summed E-state index contributed by atoms with van der Waals surface area (Å²) in [6.45, 7) is 4.90. The first kappa shape index (κ1) is 14.6. The van der Waals surface area contributed by atoms with Crippen molar-refractivity contribution in [1.82, 2.24) is 4.90 Å². The van der Waals surface area contributed by atoms with Crippen LogP contribution < -0.4 is 0 Å². The van der Waals surface area contributed by atoms with E-state index in [9.17, 15) is 9.59 Å². The van der Waals surface area contributed by atoms with Crippen molar-refractivity contribution < 1.29 is 14.7 Å². The van der Waals surface area contributed by atoms with E-state index in [0.717, 1.165) is 24.0 Å². The number of aryl methyl sites for hydroxylation is 2. The van der Waals surface area contributed by atoms with Crippen LogP contribution in [-0.2, 0) is 4.79 Å². The van der Waals surface area contributed by atoms with Gasteiger partial charge in [0.1, 0.15) is 0 Å². The third kappa shape index (κ3) is 4.08. The van der Waals surface area contributed by atoms with Crippen molar-refractivity contribution in [3.05, 3.63) is 34.9 Å². The van der Waals surface area contributed by atoms with E-state index >= 15 is 0 Å². The molecule has 4 heteroatoms. The highest BCUT2D eigenvalue weighted by Gasteiger charge is 2.27. The van der Waals surface area contributed by atoms with Gasteiger partial charge in [0.15, 0.2) is 0 Å². The summed E-state index contributed by atoms with van der Waals surface area (Å²) in [5, 5.41) is 8.81. The topological polar surface area (TPSA) is 57.6 Å². The molecule has 1 aromatic rings. The van der Waals surface area contributed by atoms with Crippen LogP contribution in [0.15, 0.2) is 18.2 Å². The molecule has 0 aromatic heterocycles. The monoisotopic (exact) mass is 275 g/mol. The van der Waals surface area contributed by atoms with Crippen LogP contribution in [0, 0.1) is 19.8 Å². The van der Waals surface area contributed by atoms with E-state index in [1.165, 1.54) is 0 Å². The molecule has 0 unspecified atom stereocenters. The van der Waals surface area contributed by atoms with Crippen LogP contribution in [0.2, 0.25) is 0 Å². The van der Waals surface area contributed by atoms with Gasteiger partial charge in [-0.3, -0.25) is 9.59 Å². The Morgan fingerprint density at radius 3 is 2.30 bits per heavy atom. The van der Waals surface area contributed by atoms with E-state index in [4.69, 9.17) is 5.11 Å². The zero-order valence-corrected chi connectivity index (χ0v) is 12.1. The maximum atomic E-state index is 12.6. The molecule has 1 aromatic carbocycles. The van der Waals surface area contributed by atoms with Crippen molar-refractivity contribution >= 4 is 11.9 Å². The standard InChI is InChI=1S/C16H21NO3/c1-11-7-12(2)9-14(8-11)16(20)17(6-5-15(18)19)10-13-3-4-13/h7-9,13H,3-6,10H2,1-2H3,(H,18,19). The molecule has 0 aliphatic heterocycles. The molecule has 1 aliphatic carbocycles. The van der Waals surface area contributed by atoms with Crippen LogP contribution in [0.3, 0.4) is 0 Å². The first-order valence-corrected chi connectivity index (χ1v) is 7.05. The number of amides is 1. The highest BCUT2D eigenvalue weighted by molar-refractivity contribution is 5.94. The van der Waals surface area contributed by atoms with Crippen LogP contribution >= 0.6 is 0 Å². The predicted octanol–water partition coefficient (Wildman–Crippen LogP) is 2.63. The SMILES string of the molecule is Cc1cc(C)cc(C(=O)N(CCC(=O)O)CC2CC2)c1. The predicted molar refractivity (Wildman–Crippen MR) is 76.8 cm³/mol. The van der Waals surface area contributed by atoms with Gasteiger partial charge in [-0.1, -0.05) is 17.2 Å². The summed E-state index contributed by atoms with van der Waals surface area (Å²) in [5.74, 6) is -0.359. The molecule has 1 amide bonds. The molecule has 4 nitrogen and oxygen atoms in total. The fourth-order valence-corrected chi connectivity index (χ4v) is 2.40. The minimum absolute atomic E-state index is 0.00323. The van der Waals surface area contributed by atoms with Crippen molar-refractivity contribution in [3.8, 4) is 0 Å². The largest absolute Gasteiger partial charge is 0.481 e. The van der Waals surface area contributed by atoms with Gasteiger partial charge in [0.25, 0.3) is 5.91 Å². The Morgan fingerprint density at radius 2 is 1.80 bits per heavy atom. The van der Waals surface area contributed by atoms with Gasteiger partial charge in [0.05, 0.1) is 6.42 Å². The lowest BCUT2D eigenvalue weighted by Crippen LogP contribution is -2.34. The molecule has 0 atom stereocenters. The molecule has 1 fully saturated rings. The van der Waals surface area contributed by atoms with Crippen molar-refractivity contribution in [2.24, 2.45) is 5.92 Å². The van der Waals surface area contributed by atoms with E-state index in [-0.39, 0.29) is 18.9 Å². The second kappa shape index (κ2) is 6.07. The van der Waals surface area contributed by atoms with Crippen LogP contribution in [-0.4, -0.2) is 35.0 Å². The lowest BCUT2D eigenvalue weighted by molar-refractivity contribution is -0.137. The molecule has 0 spiro atoms. The van der Waals surface area contributed by atoms with Crippen molar-refractivity contribution in [2.45, 2.75) is 33.1 Å². The summed E-state index contributed by atoms with van der Waals surface area (Å²) in [6, 6.07) is 5.77. The minimum Gasteiger partial charge on any atom is -0.481 e. The molecular formula is C16H21NO3. The second-order valence-electron chi connectivity index (χ2n) is 5.71.